The van der Waals surface area contributed by atoms with Crippen LogP contribution in [0.2, 0.25) is 5.02 Å². The average molecular weight is 178 g/mol. The van der Waals surface area contributed by atoms with E-state index in [1.807, 2.05) is 6.07 Å². The molecule has 2 rings (SSSR count). The number of hydrogen-bond donors (Lipinski definition) is 0. The highest BCUT2D eigenvalue weighted by Gasteiger charge is 2.14. The lowest BCUT2D eigenvalue weighted by Gasteiger charge is -2.01. The summed E-state index contributed by atoms with van der Waals surface area (Å²) in [7, 11) is 0. The molecule has 1 nitrogen and oxygen atoms in total. The van der Waals surface area contributed by atoms with E-state index in [1.54, 1.807) is 6.07 Å². The normalized spacial score (nSPS) is 14.0. The Labute approximate surface area is 76.6 Å². The summed E-state index contributed by atoms with van der Waals surface area (Å²) in [5, 5.41) is 9.45. The maximum Gasteiger partial charge on any atom is 0.0992 e. The Morgan fingerprint density at radius 1 is 1.33 bits per heavy atom. The molecule has 12 heavy (non-hydrogen) atoms. The van der Waals surface area contributed by atoms with Crippen LogP contribution in [0.1, 0.15) is 23.1 Å². The van der Waals surface area contributed by atoms with Crippen LogP contribution in [0.4, 0.5) is 0 Å². The van der Waals surface area contributed by atoms with Crippen LogP contribution in [0.15, 0.2) is 12.1 Å². The highest BCUT2D eigenvalue weighted by atomic mass is 35.5. The van der Waals surface area contributed by atoms with Crippen LogP contribution in [0.25, 0.3) is 0 Å². The van der Waals surface area contributed by atoms with Gasteiger partial charge in [-0.25, -0.2) is 0 Å². The van der Waals surface area contributed by atoms with E-state index in [1.165, 1.54) is 17.5 Å². The number of hydrogen-bond acceptors (Lipinski definition) is 1. The van der Waals surface area contributed by atoms with Crippen LogP contribution in [0.5, 0.6) is 0 Å². The van der Waals surface area contributed by atoms with Crippen molar-refractivity contribution in [2.45, 2.75) is 19.3 Å². The zero-order valence-electron chi connectivity index (χ0n) is 6.60. The fourth-order valence-electron chi connectivity index (χ4n) is 1.72. The van der Waals surface area contributed by atoms with Crippen LogP contribution in [-0.4, -0.2) is 0 Å². The van der Waals surface area contributed by atoms with Crippen molar-refractivity contribution in [2.75, 3.05) is 0 Å². The number of rotatable bonds is 0. The lowest BCUT2D eigenvalue weighted by molar-refractivity contribution is 0.912. The van der Waals surface area contributed by atoms with Crippen molar-refractivity contribution in [3.05, 3.63) is 33.8 Å². The summed E-state index contributed by atoms with van der Waals surface area (Å²) in [6.07, 6.45) is 3.31. The Morgan fingerprint density at radius 3 is 2.92 bits per heavy atom. The zero-order valence-corrected chi connectivity index (χ0v) is 7.36. The molecule has 0 saturated carbocycles. The Bertz CT molecular complexity index is 363. The number of nitrogens with zero attached hydrogens (tertiary/aromatic N) is 1. The molecule has 0 radical (unpaired) electrons. The number of aryl methyl sites for hydroxylation is 1. The first kappa shape index (κ1) is 7.64. The first-order valence-electron chi connectivity index (χ1n) is 4.02. The largest absolute Gasteiger partial charge is 0.192 e. The second kappa shape index (κ2) is 2.80. The summed E-state index contributed by atoms with van der Waals surface area (Å²) >= 11 is 6.00. The van der Waals surface area contributed by atoms with E-state index < -0.39 is 0 Å². The molecular weight excluding hydrogens is 170 g/mol. The molecule has 1 aliphatic rings. The molecule has 0 N–H and O–H groups in total. The number of nitriles is 1. The Balaban J connectivity index is 2.60. The van der Waals surface area contributed by atoms with Crippen molar-refractivity contribution in [3.8, 4) is 6.07 Å². The predicted molar refractivity (Wildman–Crippen MR) is 48.2 cm³/mol. The van der Waals surface area contributed by atoms with Gasteiger partial charge in [-0.3, -0.25) is 0 Å². The summed E-state index contributed by atoms with van der Waals surface area (Å²) < 4.78 is 0. The summed E-state index contributed by atoms with van der Waals surface area (Å²) in [6.45, 7) is 0. The third kappa shape index (κ3) is 1.09. The van der Waals surface area contributed by atoms with Crippen LogP contribution >= 0.6 is 11.6 Å². The van der Waals surface area contributed by atoms with Gasteiger partial charge < -0.3 is 0 Å². The van der Waals surface area contributed by atoms with Gasteiger partial charge in [0.25, 0.3) is 0 Å². The molecule has 0 saturated heterocycles. The van der Waals surface area contributed by atoms with Gasteiger partial charge in [-0.1, -0.05) is 11.6 Å². The third-order valence-corrected chi connectivity index (χ3v) is 2.63. The van der Waals surface area contributed by atoms with Gasteiger partial charge >= 0.3 is 0 Å². The van der Waals surface area contributed by atoms with E-state index in [4.69, 9.17) is 16.9 Å². The van der Waals surface area contributed by atoms with E-state index in [-0.39, 0.29) is 0 Å². The van der Waals surface area contributed by atoms with Crippen molar-refractivity contribution in [1.82, 2.24) is 0 Å². The van der Waals surface area contributed by atoms with E-state index in [2.05, 4.69) is 6.07 Å². The Morgan fingerprint density at radius 2 is 2.17 bits per heavy atom. The molecule has 2 heteroatoms. The quantitative estimate of drug-likeness (QED) is 0.598. The molecule has 0 unspecified atom stereocenters. The van der Waals surface area contributed by atoms with E-state index in [9.17, 15) is 0 Å². The van der Waals surface area contributed by atoms with Crippen molar-refractivity contribution in [2.24, 2.45) is 0 Å². The van der Waals surface area contributed by atoms with Gasteiger partial charge in [0.15, 0.2) is 0 Å². The predicted octanol–water partition coefficient (Wildman–Crippen LogP) is 2.70. The standard InChI is InChI=1S/C10H8ClN/c11-10-5-7(6-12)4-8-2-1-3-9(8)10/h4-5H,1-3H2. The smallest absolute Gasteiger partial charge is 0.0992 e. The third-order valence-electron chi connectivity index (χ3n) is 2.29. The Hall–Kier alpha value is -1.00. The molecule has 0 atom stereocenters. The van der Waals surface area contributed by atoms with E-state index in [0.717, 1.165) is 17.9 Å². The lowest BCUT2D eigenvalue weighted by atomic mass is 10.1. The maximum atomic E-state index is 8.68. The molecule has 0 bridgehead atoms. The van der Waals surface area contributed by atoms with Crippen molar-refractivity contribution in [3.63, 3.8) is 0 Å². The minimum atomic E-state index is 0.681. The van der Waals surface area contributed by atoms with Crippen LogP contribution in [0, 0.1) is 11.3 Å². The molecule has 60 valence electrons. The van der Waals surface area contributed by atoms with E-state index >= 15 is 0 Å². The molecule has 0 aliphatic heterocycles. The summed E-state index contributed by atoms with van der Waals surface area (Å²) in [5.41, 5.74) is 3.19. The van der Waals surface area contributed by atoms with Crippen LogP contribution in [0.3, 0.4) is 0 Å². The zero-order chi connectivity index (χ0) is 8.55. The van der Waals surface area contributed by atoms with Crippen molar-refractivity contribution in [1.29, 1.82) is 5.26 Å². The van der Waals surface area contributed by atoms with Crippen LogP contribution < -0.4 is 0 Å². The second-order valence-electron chi connectivity index (χ2n) is 3.06. The van der Waals surface area contributed by atoms with Crippen LogP contribution in [-0.2, 0) is 12.8 Å². The molecule has 0 spiro atoms. The Kier molecular flexibility index (Phi) is 1.78. The van der Waals surface area contributed by atoms with Crippen molar-refractivity contribution < 1.29 is 0 Å². The number of fused-ring (bicyclic) bond motifs is 1. The molecule has 0 aromatic heterocycles. The van der Waals surface area contributed by atoms with Gasteiger partial charge in [-0.2, -0.15) is 5.26 Å². The molecule has 1 aromatic rings. The van der Waals surface area contributed by atoms with Gasteiger partial charge in [-0.15, -0.1) is 0 Å². The first-order valence-corrected chi connectivity index (χ1v) is 4.40. The SMILES string of the molecule is N#Cc1cc(Cl)c2c(c1)CCC2. The molecule has 1 aliphatic carbocycles. The highest BCUT2D eigenvalue weighted by molar-refractivity contribution is 6.31. The van der Waals surface area contributed by atoms with Gasteiger partial charge in [0.05, 0.1) is 11.6 Å². The molecule has 0 amide bonds. The summed E-state index contributed by atoms with van der Waals surface area (Å²) in [4.78, 5) is 0. The first-order chi connectivity index (χ1) is 5.81. The molecule has 0 fully saturated rings. The van der Waals surface area contributed by atoms with E-state index in [0.29, 0.717) is 5.56 Å². The maximum absolute atomic E-state index is 8.68. The van der Waals surface area contributed by atoms with Gasteiger partial charge in [0.2, 0.25) is 0 Å². The van der Waals surface area contributed by atoms with Gasteiger partial charge in [-0.05, 0) is 42.5 Å². The van der Waals surface area contributed by atoms with Gasteiger partial charge in [0.1, 0.15) is 0 Å². The minimum absolute atomic E-state index is 0.681. The monoisotopic (exact) mass is 177 g/mol. The topological polar surface area (TPSA) is 23.8 Å². The summed E-state index contributed by atoms with van der Waals surface area (Å²) in [5.74, 6) is 0. The fraction of sp³-hybridized carbons (Fsp3) is 0.300. The molecule has 1 aromatic carbocycles. The molecule has 0 heterocycles. The fourth-order valence-corrected chi connectivity index (χ4v) is 2.05. The minimum Gasteiger partial charge on any atom is -0.192 e. The molecular formula is C10H8ClN. The number of benzene rings is 1. The van der Waals surface area contributed by atoms with Gasteiger partial charge in [0, 0.05) is 5.02 Å². The summed E-state index contributed by atoms with van der Waals surface area (Å²) in [6, 6.07) is 5.82. The average Bonchev–Trinajstić information content (AvgIpc) is 2.52. The highest BCUT2D eigenvalue weighted by Crippen LogP contribution is 2.29. The second-order valence-corrected chi connectivity index (χ2v) is 3.47. The van der Waals surface area contributed by atoms with Crippen molar-refractivity contribution >= 4 is 11.6 Å². The number of halogens is 1. The lowest BCUT2D eigenvalue weighted by Crippen LogP contribution is -1.85.